The van der Waals surface area contributed by atoms with Crippen molar-refractivity contribution in [2.45, 2.75) is 18.8 Å². The fourth-order valence-corrected chi connectivity index (χ4v) is 2.53. The van der Waals surface area contributed by atoms with Gasteiger partial charge in [0.2, 0.25) is 5.76 Å². The van der Waals surface area contributed by atoms with Gasteiger partial charge in [0.25, 0.3) is 0 Å². The van der Waals surface area contributed by atoms with E-state index in [1.165, 1.54) is 12.5 Å². The average Bonchev–Trinajstić information content (AvgIpc) is 3.27. The second-order valence-electron chi connectivity index (χ2n) is 5.97. The molecule has 0 spiro atoms. The van der Waals surface area contributed by atoms with Gasteiger partial charge in [0.15, 0.2) is 18.2 Å². The van der Waals surface area contributed by atoms with Crippen LogP contribution in [0.2, 0.25) is 0 Å². The van der Waals surface area contributed by atoms with Gasteiger partial charge in [-0.25, -0.2) is 14.3 Å². The Labute approximate surface area is 159 Å². The van der Waals surface area contributed by atoms with Gasteiger partial charge in [0.05, 0.1) is 19.8 Å². The summed E-state index contributed by atoms with van der Waals surface area (Å²) in [6, 6.07) is 0. The molecule has 4 N–H and O–H groups in total. The number of cyclic esters (lactones) is 1. The van der Waals surface area contributed by atoms with Crippen LogP contribution in [0.3, 0.4) is 0 Å². The summed E-state index contributed by atoms with van der Waals surface area (Å²) in [7, 11) is 0. The second-order valence-corrected chi connectivity index (χ2v) is 5.97. The van der Waals surface area contributed by atoms with Gasteiger partial charge >= 0.3 is 11.8 Å². The number of nitrogens with zero attached hydrogens (tertiary/aromatic N) is 4. The van der Waals surface area contributed by atoms with Crippen molar-refractivity contribution in [1.82, 2.24) is 14.5 Å². The number of rotatable bonds is 6. The van der Waals surface area contributed by atoms with Gasteiger partial charge in [-0.05, 0) is 4.92 Å². The van der Waals surface area contributed by atoms with Gasteiger partial charge in [-0.15, -0.1) is 0 Å². The van der Waals surface area contributed by atoms with E-state index in [0.29, 0.717) is 6.54 Å². The Kier molecular flexibility index (Phi) is 7.69. The van der Waals surface area contributed by atoms with E-state index >= 15 is 0 Å². The van der Waals surface area contributed by atoms with Crippen molar-refractivity contribution >= 4 is 11.8 Å². The molecule has 0 aliphatic carbocycles. The second kappa shape index (κ2) is 9.98. The molecule has 3 heterocycles. The Morgan fingerprint density at radius 1 is 1.32 bits per heavy atom. The van der Waals surface area contributed by atoms with Gasteiger partial charge in [-0.2, -0.15) is 0 Å². The molecule has 2 aliphatic heterocycles. The van der Waals surface area contributed by atoms with Crippen molar-refractivity contribution in [2.75, 3.05) is 39.5 Å². The molecule has 0 unspecified atom stereocenters. The largest absolute Gasteiger partial charge is 0.505 e. The highest BCUT2D eigenvalue weighted by molar-refractivity contribution is 5.89. The maximum Gasteiger partial charge on any atom is 0.377 e. The van der Waals surface area contributed by atoms with Crippen molar-refractivity contribution in [3.63, 3.8) is 0 Å². The third kappa shape index (κ3) is 5.39. The highest BCUT2D eigenvalue weighted by Gasteiger charge is 2.38. The summed E-state index contributed by atoms with van der Waals surface area (Å²) in [5.74, 6) is -2.73. The number of carbonyl (C=O) groups excluding carboxylic acids is 1. The Morgan fingerprint density at radius 2 is 2.00 bits per heavy atom. The minimum absolute atomic E-state index is 0.0493. The first-order chi connectivity index (χ1) is 13.3. The number of aromatic nitrogens is 2. The van der Waals surface area contributed by atoms with Gasteiger partial charge < -0.3 is 40.0 Å². The van der Waals surface area contributed by atoms with E-state index in [9.17, 15) is 14.9 Å². The van der Waals surface area contributed by atoms with Gasteiger partial charge in [0, 0.05) is 19.6 Å². The summed E-state index contributed by atoms with van der Waals surface area (Å²) in [5.41, 5.74) is 0. The number of hydrogen-bond donors (Lipinski definition) is 4. The molecule has 2 atom stereocenters. The Hall–Kier alpha value is -2.74. The Morgan fingerprint density at radius 3 is 2.54 bits per heavy atom. The number of imidazole rings is 1. The Bertz CT molecular complexity index is 714. The lowest BCUT2D eigenvalue weighted by molar-refractivity contribution is -0.392. The monoisotopic (exact) mass is 402 g/mol. The molecule has 0 bridgehead atoms. The van der Waals surface area contributed by atoms with E-state index in [4.69, 9.17) is 25.2 Å². The van der Waals surface area contributed by atoms with Crippen LogP contribution in [-0.2, 0) is 20.8 Å². The molecular weight excluding hydrogens is 380 g/mol. The van der Waals surface area contributed by atoms with Crippen LogP contribution in [0.5, 0.6) is 0 Å². The van der Waals surface area contributed by atoms with Crippen LogP contribution in [0.4, 0.5) is 5.82 Å². The summed E-state index contributed by atoms with van der Waals surface area (Å²) in [6.07, 6.45) is -0.00107. The van der Waals surface area contributed by atoms with Crippen molar-refractivity contribution in [2.24, 2.45) is 0 Å². The van der Waals surface area contributed by atoms with Gasteiger partial charge in [-0.1, -0.05) is 0 Å². The first kappa shape index (κ1) is 21.6. The van der Waals surface area contributed by atoms with Crippen LogP contribution in [0, 0.1) is 10.1 Å². The number of nitro groups is 1. The van der Waals surface area contributed by atoms with Crippen molar-refractivity contribution in [3.05, 3.63) is 34.2 Å². The molecule has 2 aliphatic rings. The lowest BCUT2D eigenvalue weighted by atomic mass is 10.2. The van der Waals surface area contributed by atoms with E-state index in [2.05, 4.69) is 14.6 Å². The molecule has 13 heteroatoms. The first-order valence-electron chi connectivity index (χ1n) is 8.41. The molecule has 156 valence electrons. The quantitative estimate of drug-likeness (QED) is 0.253. The molecule has 13 nitrogen and oxygen atoms in total. The zero-order valence-electron chi connectivity index (χ0n) is 14.9. The number of aliphatic hydroxyl groups is 4. The van der Waals surface area contributed by atoms with Crippen LogP contribution in [-0.4, -0.2) is 97.4 Å². The normalized spacial score (nSPS) is 21.1. The molecule has 1 fully saturated rings. The van der Waals surface area contributed by atoms with Gasteiger partial charge in [0.1, 0.15) is 18.8 Å². The molecule has 0 aromatic carbocycles. The SMILES string of the molecule is O=C1O[C@H]([C@@H](O)CO)C(O)=C1O.O=[N+]([O-])c1cncn1CCN1CCOCC1. The Balaban J connectivity index is 0.000000209. The maximum absolute atomic E-state index is 10.6. The molecule has 0 saturated carbocycles. The molecule has 0 radical (unpaired) electrons. The molecule has 1 saturated heterocycles. The number of morpholine rings is 1. The number of aliphatic hydroxyl groups excluding tert-OH is 4. The van der Waals surface area contributed by atoms with E-state index < -0.39 is 41.2 Å². The van der Waals surface area contributed by atoms with Crippen LogP contribution in [0.1, 0.15) is 0 Å². The van der Waals surface area contributed by atoms with E-state index in [1.54, 1.807) is 4.57 Å². The first-order valence-corrected chi connectivity index (χ1v) is 8.41. The molecule has 1 aromatic rings. The summed E-state index contributed by atoms with van der Waals surface area (Å²) < 4.78 is 11.1. The molecule has 3 rings (SSSR count). The lowest BCUT2D eigenvalue weighted by Crippen LogP contribution is -2.38. The summed E-state index contributed by atoms with van der Waals surface area (Å²) in [5, 5.41) is 45.7. The van der Waals surface area contributed by atoms with E-state index in [-0.39, 0.29) is 5.82 Å². The zero-order valence-corrected chi connectivity index (χ0v) is 14.9. The predicted molar refractivity (Wildman–Crippen MR) is 91.4 cm³/mol. The van der Waals surface area contributed by atoms with Crippen LogP contribution < -0.4 is 0 Å². The predicted octanol–water partition coefficient (Wildman–Crippen LogP) is -1.28. The maximum atomic E-state index is 10.6. The number of esters is 1. The smallest absolute Gasteiger partial charge is 0.377 e. The van der Waals surface area contributed by atoms with E-state index in [0.717, 1.165) is 32.8 Å². The number of carbonyl (C=O) groups is 1. The number of ether oxygens (including phenoxy) is 2. The minimum atomic E-state index is -1.42. The molecular formula is C15H22N4O9. The average molecular weight is 402 g/mol. The van der Waals surface area contributed by atoms with Crippen molar-refractivity contribution in [3.8, 4) is 0 Å². The molecule has 28 heavy (non-hydrogen) atoms. The molecule has 0 amide bonds. The fourth-order valence-electron chi connectivity index (χ4n) is 2.53. The third-order valence-corrected chi connectivity index (χ3v) is 4.11. The fraction of sp³-hybridized carbons (Fsp3) is 0.600. The van der Waals surface area contributed by atoms with Crippen LogP contribution >= 0.6 is 0 Å². The summed E-state index contributed by atoms with van der Waals surface area (Å²) >= 11 is 0. The highest BCUT2D eigenvalue weighted by Crippen LogP contribution is 2.20. The standard InChI is InChI=1S/C9H14N4O3.C6H8O6/c14-13(15)9-7-10-8-12(9)2-1-11-3-5-16-6-4-11;7-1-2(8)5-3(9)4(10)6(11)12-5/h7-8H,1-6H2;2,5,7-10H,1H2/t;2-,5+/m.0/s1. The van der Waals surface area contributed by atoms with Crippen molar-refractivity contribution in [1.29, 1.82) is 0 Å². The topological polar surface area (TPSA) is 181 Å². The van der Waals surface area contributed by atoms with Gasteiger partial charge in [-0.3, -0.25) is 4.90 Å². The lowest BCUT2D eigenvalue weighted by Gasteiger charge is -2.25. The number of hydrogen-bond acceptors (Lipinski definition) is 11. The minimum Gasteiger partial charge on any atom is -0.505 e. The summed E-state index contributed by atoms with van der Waals surface area (Å²) in [4.78, 5) is 26.8. The molecule has 1 aromatic heterocycles. The van der Waals surface area contributed by atoms with Crippen LogP contribution in [0.25, 0.3) is 0 Å². The van der Waals surface area contributed by atoms with Crippen molar-refractivity contribution < 1.29 is 39.6 Å². The highest BCUT2D eigenvalue weighted by atomic mass is 16.6. The third-order valence-electron chi connectivity index (χ3n) is 4.11. The zero-order chi connectivity index (χ0) is 20.7. The van der Waals surface area contributed by atoms with E-state index in [1.807, 2.05) is 0 Å². The summed E-state index contributed by atoms with van der Waals surface area (Å²) in [6.45, 7) is 3.98. The van der Waals surface area contributed by atoms with Crippen LogP contribution in [0.15, 0.2) is 24.0 Å².